The van der Waals surface area contributed by atoms with Gasteiger partial charge in [-0.3, -0.25) is 0 Å². The van der Waals surface area contributed by atoms with Crippen LogP contribution in [0.5, 0.6) is 0 Å². The van der Waals surface area contributed by atoms with Gasteiger partial charge in [-0.25, -0.2) is 0 Å². The van der Waals surface area contributed by atoms with E-state index >= 15 is 0 Å². The molecule has 0 saturated heterocycles. The quantitative estimate of drug-likeness (QED) is 0.677. The van der Waals surface area contributed by atoms with Crippen molar-refractivity contribution in [3.8, 4) is 0 Å². The zero-order valence-corrected chi connectivity index (χ0v) is 11.9. The third-order valence-corrected chi connectivity index (χ3v) is 3.20. The van der Waals surface area contributed by atoms with Crippen molar-refractivity contribution in [1.29, 1.82) is 0 Å². The highest BCUT2D eigenvalue weighted by atomic mass is 16.5. The zero-order valence-electron chi connectivity index (χ0n) is 11.9. The van der Waals surface area contributed by atoms with E-state index in [0.29, 0.717) is 0 Å². The van der Waals surface area contributed by atoms with Crippen molar-refractivity contribution < 1.29 is 9.15 Å². The van der Waals surface area contributed by atoms with Gasteiger partial charge >= 0.3 is 0 Å². The van der Waals surface area contributed by atoms with E-state index in [9.17, 15) is 0 Å². The van der Waals surface area contributed by atoms with Gasteiger partial charge in [-0.2, -0.15) is 0 Å². The monoisotopic (exact) mass is 253 g/mol. The fourth-order valence-electron chi connectivity index (χ4n) is 1.98. The third kappa shape index (κ3) is 4.83. The first-order valence-electron chi connectivity index (χ1n) is 7.12. The molecule has 0 aliphatic heterocycles. The molecule has 1 aromatic rings. The molecule has 0 aliphatic carbocycles. The van der Waals surface area contributed by atoms with Crippen LogP contribution in [0.2, 0.25) is 0 Å². The van der Waals surface area contributed by atoms with Gasteiger partial charge in [0.2, 0.25) is 0 Å². The van der Waals surface area contributed by atoms with E-state index in [1.807, 2.05) is 19.1 Å². The molecule has 0 saturated carbocycles. The maximum Gasteiger partial charge on any atom is 0.134 e. The molecule has 0 radical (unpaired) electrons. The first kappa shape index (κ1) is 15.3. The Balaban J connectivity index is 2.46. The molecule has 0 bridgehead atoms. The van der Waals surface area contributed by atoms with E-state index in [4.69, 9.17) is 14.9 Å². The summed E-state index contributed by atoms with van der Waals surface area (Å²) in [5.41, 5.74) is 6.11. The van der Waals surface area contributed by atoms with E-state index in [1.54, 1.807) is 0 Å². The number of hydrogen-bond acceptors (Lipinski definition) is 3. The lowest BCUT2D eigenvalue weighted by Crippen LogP contribution is -2.29. The SMILES string of the molecule is CCCCCCOC(c1ccc(C)o1)C(N)CC. The molecule has 0 spiro atoms. The summed E-state index contributed by atoms with van der Waals surface area (Å²) >= 11 is 0. The molecule has 3 heteroatoms. The molecule has 2 unspecified atom stereocenters. The van der Waals surface area contributed by atoms with Crippen molar-refractivity contribution in [2.45, 2.75) is 65.0 Å². The predicted molar refractivity (Wildman–Crippen MR) is 74.5 cm³/mol. The summed E-state index contributed by atoms with van der Waals surface area (Å²) in [6.07, 6.45) is 5.62. The second-order valence-electron chi connectivity index (χ2n) is 4.87. The highest BCUT2D eigenvalue weighted by Crippen LogP contribution is 2.24. The molecule has 104 valence electrons. The number of furan rings is 1. The molecule has 1 heterocycles. The van der Waals surface area contributed by atoms with Gasteiger partial charge in [0, 0.05) is 12.6 Å². The second-order valence-corrected chi connectivity index (χ2v) is 4.87. The zero-order chi connectivity index (χ0) is 13.4. The Bertz CT molecular complexity index is 322. The van der Waals surface area contributed by atoms with Crippen LogP contribution in [0.3, 0.4) is 0 Å². The Morgan fingerprint density at radius 3 is 2.56 bits per heavy atom. The Hall–Kier alpha value is -0.800. The third-order valence-electron chi connectivity index (χ3n) is 3.20. The lowest BCUT2D eigenvalue weighted by molar-refractivity contribution is 0.0166. The molecule has 0 aliphatic rings. The highest BCUT2D eigenvalue weighted by molar-refractivity contribution is 5.10. The molecule has 1 rings (SSSR count). The number of ether oxygens (including phenoxy) is 1. The van der Waals surface area contributed by atoms with Gasteiger partial charge in [-0.1, -0.05) is 33.1 Å². The van der Waals surface area contributed by atoms with Crippen LogP contribution < -0.4 is 5.73 Å². The molecule has 2 atom stereocenters. The van der Waals surface area contributed by atoms with Crippen LogP contribution >= 0.6 is 0 Å². The Labute approximate surface area is 111 Å². The van der Waals surface area contributed by atoms with Crippen molar-refractivity contribution in [2.24, 2.45) is 5.73 Å². The fourth-order valence-corrected chi connectivity index (χ4v) is 1.98. The van der Waals surface area contributed by atoms with E-state index in [0.717, 1.165) is 31.0 Å². The Morgan fingerprint density at radius 2 is 2.00 bits per heavy atom. The minimum Gasteiger partial charge on any atom is -0.464 e. The van der Waals surface area contributed by atoms with Gasteiger partial charge in [0.25, 0.3) is 0 Å². The summed E-state index contributed by atoms with van der Waals surface area (Å²) in [4.78, 5) is 0. The van der Waals surface area contributed by atoms with Gasteiger partial charge in [0.05, 0.1) is 0 Å². The fraction of sp³-hybridized carbons (Fsp3) is 0.733. The van der Waals surface area contributed by atoms with Crippen LogP contribution in [0.25, 0.3) is 0 Å². The second kappa shape index (κ2) is 8.33. The van der Waals surface area contributed by atoms with E-state index in [1.165, 1.54) is 19.3 Å². The van der Waals surface area contributed by atoms with Crippen LogP contribution in [0.4, 0.5) is 0 Å². The van der Waals surface area contributed by atoms with Gasteiger partial charge in [0.1, 0.15) is 17.6 Å². The molecule has 0 amide bonds. The summed E-state index contributed by atoms with van der Waals surface area (Å²) in [6, 6.07) is 3.94. The number of unbranched alkanes of at least 4 members (excludes halogenated alkanes) is 3. The first-order chi connectivity index (χ1) is 8.69. The lowest BCUT2D eigenvalue weighted by atomic mass is 10.1. The number of aryl methyl sites for hydroxylation is 1. The van der Waals surface area contributed by atoms with Crippen molar-refractivity contribution in [1.82, 2.24) is 0 Å². The van der Waals surface area contributed by atoms with Gasteiger partial charge in [-0.05, 0) is 31.9 Å². The minimum absolute atomic E-state index is 0.00160. The van der Waals surface area contributed by atoms with Crippen LogP contribution in [-0.4, -0.2) is 12.6 Å². The van der Waals surface area contributed by atoms with Gasteiger partial charge in [-0.15, -0.1) is 0 Å². The van der Waals surface area contributed by atoms with E-state index in [-0.39, 0.29) is 12.1 Å². The molecule has 2 N–H and O–H groups in total. The van der Waals surface area contributed by atoms with Gasteiger partial charge < -0.3 is 14.9 Å². The first-order valence-corrected chi connectivity index (χ1v) is 7.12. The molecule has 1 aromatic heterocycles. The smallest absolute Gasteiger partial charge is 0.134 e. The van der Waals surface area contributed by atoms with Gasteiger partial charge in [0.15, 0.2) is 0 Å². The number of nitrogens with two attached hydrogens (primary N) is 1. The van der Waals surface area contributed by atoms with Crippen molar-refractivity contribution >= 4 is 0 Å². The maximum absolute atomic E-state index is 6.11. The number of rotatable bonds is 9. The summed E-state index contributed by atoms with van der Waals surface area (Å²) in [5, 5.41) is 0. The Morgan fingerprint density at radius 1 is 1.22 bits per heavy atom. The topological polar surface area (TPSA) is 48.4 Å². The minimum atomic E-state index is -0.106. The standard InChI is InChI=1S/C15H27NO2/c1-4-6-7-8-11-17-15(13(16)5-2)14-10-9-12(3)18-14/h9-10,13,15H,4-8,11,16H2,1-3H3. The average Bonchev–Trinajstić information content (AvgIpc) is 2.79. The molecular weight excluding hydrogens is 226 g/mol. The largest absolute Gasteiger partial charge is 0.464 e. The normalized spacial score (nSPS) is 14.7. The lowest BCUT2D eigenvalue weighted by Gasteiger charge is -2.21. The van der Waals surface area contributed by atoms with Crippen molar-refractivity contribution in [3.05, 3.63) is 23.7 Å². The van der Waals surface area contributed by atoms with Crippen molar-refractivity contribution in [2.75, 3.05) is 6.61 Å². The summed E-state index contributed by atoms with van der Waals surface area (Å²) in [6.45, 7) is 6.99. The van der Waals surface area contributed by atoms with Crippen LogP contribution in [-0.2, 0) is 4.74 Å². The Kier molecular flexibility index (Phi) is 7.06. The molecule has 0 fully saturated rings. The predicted octanol–water partition coefficient (Wildman–Crippen LogP) is 3.96. The van der Waals surface area contributed by atoms with E-state index < -0.39 is 0 Å². The van der Waals surface area contributed by atoms with Crippen LogP contribution in [0.1, 0.15) is 63.6 Å². The highest BCUT2D eigenvalue weighted by Gasteiger charge is 2.22. The molecule has 0 aromatic carbocycles. The number of hydrogen-bond donors (Lipinski definition) is 1. The molecule has 18 heavy (non-hydrogen) atoms. The maximum atomic E-state index is 6.11. The van der Waals surface area contributed by atoms with Crippen LogP contribution in [0, 0.1) is 6.92 Å². The summed E-state index contributed by atoms with van der Waals surface area (Å²) < 4.78 is 11.6. The average molecular weight is 253 g/mol. The molecular formula is C15H27NO2. The van der Waals surface area contributed by atoms with Crippen LogP contribution in [0.15, 0.2) is 16.5 Å². The van der Waals surface area contributed by atoms with E-state index in [2.05, 4.69) is 13.8 Å². The molecule has 3 nitrogen and oxygen atoms in total. The summed E-state index contributed by atoms with van der Waals surface area (Å²) in [5.74, 6) is 1.77. The summed E-state index contributed by atoms with van der Waals surface area (Å²) in [7, 11) is 0. The van der Waals surface area contributed by atoms with Crippen molar-refractivity contribution in [3.63, 3.8) is 0 Å².